The summed E-state index contributed by atoms with van der Waals surface area (Å²) in [7, 11) is 0. The molecule has 0 amide bonds. The molecule has 0 atom stereocenters. The minimum atomic E-state index is 0.388. The normalized spacial score (nSPS) is 15.5. The molecule has 1 saturated heterocycles. The molecular weight excluding hydrogens is 344 g/mol. The minimum absolute atomic E-state index is 0.388. The van der Waals surface area contributed by atoms with Crippen molar-refractivity contribution in [3.05, 3.63) is 72.4 Å². The SMILES string of the molecule is C=C/C=C(\C=C)c1cccc(-c2nc(NC3CCNCC3)ncc2Cl)c1. The Morgan fingerprint density at radius 2 is 2.08 bits per heavy atom. The lowest BCUT2D eigenvalue weighted by Gasteiger charge is -2.23. The average molecular weight is 367 g/mol. The first-order chi connectivity index (χ1) is 12.7. The fourth-order valence-electron chi connectivity index (χ4n) is 3.04. The van der Waals surface area contributed by atoms with Gasteiger partial charge in [0.1, 0.15) is 0 Å². The van der Waals surface area contributed by atoms with E-state index in [2.05, 4.69) is 39.8 Å². The summed E-state index contributed by atoms with van der Waals surface area (Å²) in [6.45, 7) is 9.66. The number of benzene rings is 1. The summed E-state index contributed by atoms with van der Waals surface area (Å²) in [5.74, 6) is 0.618. The highest BCUT2D eigenvalue weighted by molar-refractivity contribution is 6.32. The largest absolute Gasteiger partial charge is 0.351 e. The monoisotopic (exact) mass is 366 g/mol. The van der Waals surface area contributed by atoms with Gasteiger partial charge in [0.05, 0.1) is 16.9 Å². The summed E-state index contributed by atoms with van der Waals surface area (Å²) in [6, 6.07) is 8.47. The molecule has 5 heteroatoms. The van der Waals surface area contributed by atoms with Crippen molar-refractivity contribution in [2.24, 2.45) is 0 Å². The van der Waals surface area contributed by atoms with Crippen LogP contribution < -0.4 is 10.6 Å². The highest BCUT2D eigenvalue weighted by atomic mass is 35.5. The van der Waals surface area contributed by atoms with Crippen molar-refractivity contribution in [1.29, 1.82) is 0 Å². The first kappa shape index (κ1) is 18.4. The number of nitrogens with one attached hydrogen (secondary N) is 2. The molecular formula is C21H23ClN4. The molecule has 0 radical (unpaired) electrons. The molecule has 0 saturated carbocycles. The second kappa shape index (κ2) is 8.79. The number of rotatable bonds is 6. The topological polar surface area (TPSA) is 49.8 Å². The third-order valence-electron chi connectivity index (χ3n) is 4.40. The second-order valence-electron chi connectivity index (χ2n) is 6.20. The Morgan fingerprint density at radius 3 is 2.81 bits per heavy atom. The zero-order valence-electron chi connectivity index (χ0n) is 14.7. The van der Waals surface area contributed by atoms with Gasteiger partial charge in [-0.3, -0.25) is 0 Å². The fourth-order valence-corrected chi connectivity index (χ4v) is 3.24. The first-order valence-electron chi connectivity index (χ1n) is 8.77. The van der Waals surface area contributed by atoms with Crippen molar-refractivity contribution in [3.63, 3.8) is 0 Å². The summed E-state index contributed by atoms with van der Waals surface area (Å²) >= 11 is 6.39. The fraction of sp³-hybridized carbons (Fsp3) is 0.238. The van der Waals surface area contributed by atoms with Crippen LogP contribution in [0, 0.1) is 0 Å². The van der Waals surface area contributed by atoms with Gasteiger partial charge in [0.2, 0.25) is 5.95 Å². The van der Waals surface area contributed by atoms with Crippen molar-refractivity contribution in [3.8, 4) is 11.3 Å². The molecule has 26 heavy (non-hydrogen) atoms. The van der Waals surface area contributed by atoms with Gasteiger partial charge in [0.25, 0.3) is 0 Å². The highest BCUT2D eigenvalue weighted by Gasteiger charge is 2.15. The smallest absolute Gasteiger partial charge is 0.223 e. The van der Waals surface area contributed by atoms with E-state index in [9.17, 15) is 0 Å². The maximum Gasteiger partial charge on any atom is 0.223 e. The Bertz CT molecular complexity index is 823. The number of hydrogen-bond acceptors (Lipinski definition) is 4. The van der Waals surface area contributed by atoms with Crippen LogP contribution in [0.5, 0.6) is 0 Å². The Morgan fingerprint density at radius 1 is 1.27 bits per heavy atom. The Hall–Kier alpha value is -2.43. The van der Waals surface area contributed by atoms with Gasteiger partial charge < -0.3 is 10.6 Å². The van der Waals surface area contributed by atoms with Crippen molar-refractivity contribution in [2.75, 3.05) is 18.4 Å². The van der Waals surface area contributed by atoms with E-state index in [1.54, 1.807) is 12.3 Å². The van der Waals surface area contributed by atoms with Crippen molar-refractivity contribution < 1.29 is 0 Å². The van der Waals surface area contributed by atoms with Crippen LogP contribution in [-0.4, -0.2) is 29.1 Å². The van der Waals surface area contributed by atoms with Gasteiger partial charge in [-0.05, 0) is 43.1 Å². The van der Waals surface area contributed by atoms with Crippen molar-refractivity contribution in [2.45, 2.75) is 18.9 Å². The number of nitrogens with zero attached hydrogens (tertiary/aromatic N) is 2. The van der Waals surface area contributed by atoms with E-state index in [4.69, 9.17) is 11.6 Å². The maximum atomic E-state index is 6.39. The number of aromatic nitrogens is 2. The van der Waals surface area contributed by atoms with E-state index in [0.29, 0.717) is 17.0 Å². The average Bonchev–Trinajstić information content (AvgIpc) is 2.68. The first-order valence-corrected chi connectivity index (χ1v) is 9.15. The van der Waals surface area contributed by atoms with E-state index in [1.807, 2.05) is 30.4 Å². The van der Waals surface area contributed by atoms with Crippen LogP contribution in [0.1, 0.15) is 18.4 Å². The van der Waals surface area contributed by atoms with Gasteiger partial charge in [-0.25, -0.2) is 9.97 Å². The molecule has 1 aromatic carbocycles. The van der Waals surface area contributed by atoms with Crippen LogP contribution in [0.15, 0.2) is 61.8 Å². The van der Waals surface area contributed by atoms with E-state index >= 15 is 0 Å². The Kier molecular flexibility index (Phi) is 6.21. The molecule has 1 aliphatic rings. The van der Waals surface area contributed by atoms with Crippen LogP contribution in [0.4, 0.5) is 5.95 Å². The number of anilines is 1. The molecule has 2 heterocycles. The number of hydrogen-bond donors (Lipinski definition) is 2. The van der Waals surface area contributed by atoms with Crippen LogP contribution in [0.3, 0.4) is 0 Å². The molecule has 1 fully saturated rings. The van der Waals surface area contributed by atoms with Crippen LogP contribution in [-0.2, 0) is 0 Å². The lowest BCUT2D eigenvalue weighted by atomic mass is 10.0. The van der Waals surface area contributed by atoms with Crippen LogP contribution in [0.25, 0.3) is 16.8 Å². The number of allylic oxidation sites excluding steroid dienone is 4. The summed E-state index contributed by atoms with van der Waals surface area (Å²) in [5.41, 5.74) is 3.71. The predicted octanol–water partition coefficient (Wildman–Crippen LogP) is 4.72. The molecule has 3 rings (SSSR count). The van der Waals surface area contributed by atoms with E-state index in [-0.39, 0.29) is 0 Å². The molecule has 1 aromatic heterocycles. The van der Waals surface area contributed by atoms with Gasteiger partial charge in [-0.2, -0.15) is 0 Å². The van der Waals surface area contributed by atoms with E-state index in [1.165, 1.54) is 0 Å². The molecule has 4 nitrogen and oxygen atoms in total. The lowest BCUT2D eigenvalue weighted by molar-refractivity contribution is 0.477. The zero-order valence-corrected chi connectivity index (χ0v) is 15.5. The van der Waals surface area contributed by atoms with Gasteiger partial charge in [0, 0.05) is 11.6 Å². The van der Waals surface area contributed by atoms with Crippen LogP contribution >= 0.6 is 11.6 Å². The minimum Gasteiger partial charge on any atom is -0.351 e. The molecule has 2 aromatic rings. The Labute approximate surface area is 159 Å². The summed E-state index contributed by atoms with van der Waals surface area (Å²) < 4.78 is 0. The standard InChI is InChI=1S/C21H23ClN4/c1-3-6-15(4-2)16-7-5-8-17(13-16)20-19(22)14-24-21(26-20)25-18-9-11-23-12-10-18/h3-8,13-14,18,23H,1-2,9-12H2,(H,24,25,26)/b15-6+. The van der Waals surface area contributed by atoms with Gasteiger partial charge in [0.15, 0.2) is 0 Å². The van der Waals surface area contributed by atoms with Crippen LogP contribution in [0.2, 0.25) is 5.02 Å². The third-order valence-corrected chi connectivity index (χ3v) is 4.68. The summed E-state index contributed by atoms with van der Waals surface area (Å²) in [4.78, 5) is 9.02. The van der Waals surface area contributed by atoms with E-state index < -0.39 is 0 Å². The summed E-state index contributed by atoms with van der Waals surface area (Å²) in [6.07, 6.45) is 9.28. The molecule has 0 aliphatic carbocycles. The molecule has 0 unspecified atom stereocenters. The highest BCUT2D eigenvalue weighted by Crippen LogP contribution is 2.29. The molecule has 0 bridgehead atoms. The van der Waals surface area contributed by atoms with Gasteiger partial charge in [-0.1, -0.05) is 61.2 Å². The van der Waals surface area contributed by atoms with Crippen molar-refractivity contribution in [1.82, 2.24) is 15.3 Å². The quantitative estimate of drug-likeness (QED) is 0.726. The second-order valence-corrected chi connectivity index (χ2v) is 6.61. The van der Waals surface area contributed by atoms with Gasteiger partial charge >= 0.3 is 0 Å². The molecule has 134 valence electrons. The molecule has 1 aliphatic heterocycles. The molecule has 2 N–H and O–H groups in total. The lowest BCUT2D eigenvalue weighted by Crippen LogP contribution is -2.35. The van der Waals surface area contributed by atoms with Crippen molar-refractivity contribution >= 4 is 23.1 Å². The number of halogens is 1. The maximum absolute atomic E-state index is 6.39. The van der Waals surface area contributed by atoms with E-state index in [0.717, 1.165) is 48.3 Å². The molecule has 0 spiro atoms. The summed E-state index contributed by atoms with van der Waals surface area (Å²) in [5, 5.41) is 7.32. The predicted molar refractivity (Wildman–Crippen MR) is 110 cm³/mol. The Balaban J connectivity index is 1.90. The zero-order chi connectivity index (χ0) is 18.4. The third kappa shape index (κ3) is 4.40. The number of piperidine rings is 1. The van der Waals surface area contributed by atoms with Gasteiger partial charge in [-0.15, -0.1) is 0 Å².